The number of nitrogens with one attached hydrogen (secondary N) is 1. The summed E-state index contributed by atoms with van der Waals surface area (Å²) in [5.41, 5.74) is 9.13. The van der Waals surface area contributed by atoms with Crippen LogP contribution in [-0.4, -0.2) is 25.3 Å². The predicted octanol–water partition coefficient (Wildman–Crippen LogP) is 2.05. The van der Waals surface area contributed by atoms with Gasteiger partial charge < -0.3 is 15.2 Å². The molecular formula is C17H17N3O4. The molecule has 0 bridgehead atoms. The van der Waals surface area contributed by atoms with Crippen molar-refractivity contribution in [2.45, 2.75) is 6.61 Å². The average molecular weight is 327 g/mol. The first-order valence-electron chi connectivity index (χ1n) is 7.07. The number of benzene rings is 2. The summed E-state index contributed by atoms with van der Waals surface area (Å²) in [6.07, 6.45) is 1.44. The van der Waals surface area contributed by atoms with Crippen LogP contribution in [0.5, 0.6) is 5.75 Å². The molecule has 0 aliphatic rings. The highest BCUT2D eigenvalue weighted by Gasteiger charge is 2.05. The Bertz CT molecular complexity index is 742. The van der Waals surface area contributed by atoms with Gasteiger partial charge in [-0.1, -0.05) is 24.3 Å². The number of carbonyl (C=O) groups is 2. The van der Waals surface area contributed by atoms with Crippen LogP contribution in [0.25, 0.3) is 0 Å². The van der Waals surface area contributed by atoms with Crippen molar-refractivity contribution in [3.05, 3.63) is 65.2 Å². The number of hydrogen-bond acceptors (Lipinski definition) is 5. The van der Waals surface area contributed by atoms with Crippen LogP contribution in [0.15, 0.2) is 53.6 Å². The Kier molecular flexibility index (Phi) is 5.90. The second-order valence-corrected chi connectivity index (χ2v) is 4.75. The number of amides is 2. The van der Waals surface area contributed by atoms with Crippen LogP contribution < -0.4 is 15.9 Å². The summed E-state index contributed by atoms with van der Waals surface area (Å²) in [5, 5.41) is 3.72. The molecule has 0 atom stereocenters. The molecule has 24 heavy (non-hydrogen) atoms. The van der Waals surface area contributed by atoms with Crippen molar-refractivity contribution in [3.63, 3.8) is 0 Å². The maximum atomic E-state index is 11.4. The first kappa shape index (κ1) is 17.0. The van der Waals surface area contributed by atoms with Crippen LogP contribution in [0.4, 0.5) is 4.79 Å². The smallest absolute Gasteiger partial charge is 0.337 e. The number of primary amides is 1. The van der Waals surface area contributed by atoms with Crippen molar-refractivity contribution >= 4 is 18.2 Å². The van der Waals surface area contributed by atoms with E-state index in [1.165, 1.54) is 13.3 Å². The fourth-order valence-corrected chi connectivity index (χ4v) is 1.90. The van der Waals surface area contributed by atoms with Crippen LogP contribution in [-0.2, 0) is 11.3 Å². The molecule has 0 saturated carbocycles. The number of hydrazone groups is 1. The lowest BCUT2D eigenvalue weighted by Gasteiger charge is -2.09. The second kappa shape index (κ2) is 8.33. The van der Waals surface area contributed by atoms with E-state index in [9.17, 15) is 9.59 Å². The summed E-state index contributed by atoms with van der Waals surface area (Å²) < 4.78 is 10.4. The Labute approximate surface area is 139 Å². The molecule has 124 valence electrons. The molecule has 7 heteroatoms. The van der Waals surface area contributed by atoms with Gasteiger partial charge in [0.2, 0.25) is 0 Å². The Balaban J connectivity index is 2.02. The number of rotatable bonds is 6. The summed E-state index contributed by atoms with van der Waals surface area (Å²) in [4.78, 5) is 22.0. The zero-order valence-electron chi connectivity index (χ0n) is 13.1. The first-order chi connectivity index (χ1) is 11.6. The molecule has 0 aliphatic carbocycles. The average Bonchev–Trinajstić information content (AvgIpc) is 2.60. The quantitative estimate of drug-likeness (QED) is 0.481. The number of hydrogen-bond donors (Lipinski definition) is 2. The fourth-order valence-electron chi connectivity index (χ4n) is 1.90. The van der Waals surface area contributed by atoms with E-state index >= 15 is 0 Å². The summed E-state index contributed by atoms with van der Waals surface area (Å²) in [6, 6.07) is 13.4. The van der Waals surface area contributed by atoms with E-state index in [0.29, 0.717) is 23.5 Å². The summed E-state index contributed by atoms with van der Waals surface area (Å²) in [5.74, 6) is 0.218. The van der Waals surface area contributed by atoms with Gasteiger partial charge in [-0.05, 0) is 29.8 Å². The molecular weight excluding hydrogens is 310 g/mol. The van der Waals surface area contributed by atoms with Gasteiger partial charge in [0.1, 0.15) is 12.4 Å². The number of esters is 1. The van der Waals surface area contributed by atoms with Gasteiger partial charge in [-0.25, -0.2) is 15.0 Å². The maximum absolute atomic E-state index is 11.4. The molecule has 0 aromatic heterocycles. The van der Waals surface area contributed by atoms with Crippen molar-refractivity contribution in [3.8, 4) is 5.75 Å². The van der Waals surface area contributed by atoms with Crippen LogP contribution in [0.2, 0.25) is 0 Å². The van der Waals surface area contributed by atoms with Crippen molar-refractivity contribution < 1.29 is 19.1 Å². The third kappa shape index (κ3) is 4.84. The van der Waals surface area contributed by atoms with Gasteiger partial charge in [-0.3, -0.25) is 0 Å². The number of nitrogens with two attached hydrogens (primary N) is 1. The van der Waals surface area contributed by atoms with E-state index in [4.69, 9.17) is 10.5 Å². The van der Waals surface area contributed by atoms with Gasteiger partial charge in [-0.2, -0.15) is 5.10 Å². The van der Waals surface area contributed by atoms with Crippen molar-refractivity contribution in [2.75, 3.05) is 7.11 Å². The minimum absolute atomic E-state index is 0.315. The van der Waals surface area contributed by atoms with E-state index in [1.807, 2.05) is 12.1 Å². The largest absolute Gasteiger partial charge is 0.488 e. The molecule has 0 unspecified atom stereocenters. The molecule has 0 heterocycles. The number of methoxy groups -OCH3 is 1. The highest BCUT2D eigenvalue weighted by molar-refractivity contribution is 5.89. The van der Waals surface area contributed by atoms with E-state index < -0.39 is 6.03 Å². The zero-order chi connectivity index (χ0) is 17.4. The molecule has 0 radical (unpaired) electrons. The lowest BCUT2D eigenvalue weighted by atomic mass is 10.1. The molecule has 0 fully saturated rings. The SMILES string of the molecule is COC(=O)c1ccc(COc2ccccc2C=NNC(N)=O)cc1. The minimum Gasteiger partial charge on any atom is -0.488 e. The van der Waals surface area contributed by atoms with E-state index in [1.54, 1.807) is 36.4 Å². The topological polar surface area (TPSA) is 103 Å². The van der Waals surface area contributed by atoms with E-state index in [0.717, 1.165) is 5.56 Å². The molecule has 0 aliphatic heterocycles. The third-order valence-corrected chi connectivity index (χ3v) is 3.07. The maximum Gasteiger partial charge on any atom is 0.337 e. The molecule has 2 aromatic carbocycles. The minimum atomic E-state index is -0.740. The van der Waals surface area contributed by atoms with E-state index in [-0.39, 0.29) is 5.97 Å². The lowest BCUT2D eigenvalue weighted by molar-refractivity contribution is 0.0600. The molecule has 2 aromatic rings. The third-order valence-electron chi connectivity index (χ3n) is 3.07. The standard InChI is InChI=1S/C17H17N3O4/c1-23-16(21)13-8-6-12(7-9-13)11-24-15-5-3-2-4-14(15)10-19-20-17(18)22/h2-10H,11H2,1H3,(H3,18,20,22). The Morgan fingerprint density at radius 1 is 1.17 bits per heavy atom. The predicted molar refractivity (Wildman–Crippen MR) is 88.9 cm³/mol. The van der Waals surface area contributed by atoms with Crippen LogP contribution in [0, 0.1) is 0 Å². The lowest BCUT2D eigenvalue weighted by Crippen LogP contribution is -2.24. The summed E-state index contributed by atoms with van der Waals surface area (Å²) in [7, 11) is 1.34. The van der Waals surface area contributed by atoms with Gasteiger partial charge >= 0.3 is 12.0 Å². The molecule has 2 rings (SSSR count). The van der Waals surface area contributed by atoms with Crippen molar-refractivity contribution in [2.24, 2.45) is 10.8 Å². The van der Waals surface area contributed by atoms with Crippen molar-refractivity contribution in [1.29, 1.82) is 0 Å². The van der Waals surface area contributed by atoms with Gasteiger partial charge in [0.15, 0.2) is 0 Å². The Hall–Kier alpha value is -3.35. The highest BCUT2D eigenvalue weighted by atomic mass is 16.5. The van der Waals surface area contributed by atoms with Crippen LogP contribution >= 0.6 is 0 Å². The number of urea groups is 1. The number of nitrogens with zero attached hydrogens (tertiary/aromatic N) is 1. The first-order valence-corrected chi connectivity index (χ1v) is 7.07. The monoisotopic (exact) mass is 327 g/mol. The highest BCUT2D eigenvalue weighted by Crippen LogP contribution is 2.18. The molecule has 0 saturated heterocycles. The zero-order valence-corrected chi connectivity index (χ0v) is 13.1. The number of ether oxygens (including phenoxy) is 2. The molecule has 3 N–H and O–H groups in total. The van der Waals surface area contributed by atoms with Gasteiger partial charge in [-0.15, -0.1) is 0 Å². The van der Waals surface area contributed by atoms with Gasteiger partial charge in [0.05, 0.1) is 18.9 Å². The molecule has 2 amide bonds. The van der Waals surface area contributed by atoms with Crippen molar-refractivity contribution in [1.82, 2.24) is 5.43 Å². The second-order valence-electron chi connectivity index (χ2n) is 4.75. The normalized spacial score (nSPS) is 10.4. The molecule has 0 spiro atoms. The number of carbonyl (C=O) groups excluding carboxylic acids is 2. The van der Waals surface area contributed by atoms with E-state index in [2.05, 4.69) is 15.3 Å². The fraction of sp³-hybridized carbons (Fsp3) is 0.118. The summed E-state index contributed by atoms with van der Waals surface area (Å²) in [6.45, 7) is 0.315. The Morgan fingerprint density at radius 3 is 2.54 bits per heavy atom. The van der Waals surface area contributed by atoms with Gasteiger partial charge in [0, 0.05) is 5.56 Å². The van der Waals surface area contributed by atoms with Crippen LogP contribution in [0.1, 0.15) is 21.5 Å². The summed E-state index contributed by atoms with van der Waals surface area (Å²) >= 11 is 0. The Morgan fingerprint density at radius 2 is 1.88 bits per heavy atom. The van der Waals surface area contributed by atoms with Crippen LogP contribution in [0.3, 0.4) is 0 Å². The molecule has 7 nitrogen and oxygen atoms in total. The number of para-hydroxylation sites is 1. The van der Waals surface area contributed by atoms with Gasteiger partial charge in [0.25, 0.3) is 0 Å².